The van der Waals surface area contributed by atoms with Gasteiger partial charge in [0.15, 0.2) is 11.5 Å². The summed E-state index contributed by atoms with van der Waals surface area (Å²) in [4.78, 5) is 8.40. The predicted molar refractivity (Wildman–Crippen MR) is 77.5 cm³/mol. The summed E-state index contributed by atoms with van der Waals surface area (Å²) in [6.07, 6.45) is 0. The van der Waals surface area contributed by atoms with E-state index in [4.69, 9.17) is 17.3 Å². The monoisotopic (exact) mass is 286 g/mol. The van der Waals surface area contributed by atoms with E-state index in [1.807, 2.05) is 6.92 Å². The molecule has 0 amide bonds. The van der Waals surface area contributed by atoms with E-state index in [2.05, 4.69) is 20.6 Å². The van der Waals surface area contributed by atoms with Crippen LogP contribution in [0.2, 0.25) is 0 Å². The molecule has 6 nitrogen and oxygen atoms in total. The summed E-state index contributed by atoms with van der Waals surface area (Å²) in [5, 5.41) is 5.71. The molecule has 0 spiro atoms. The smallest absolute Gasteiger partial charge is 0.231 e. The van der Waals surface area contributed by atoms with E-state index in [1.54, 1.807) is 13.1 Å². The van der Waals surface area contributed by atoms with Gasteiger partial charge in [-0.3, -0.25) is 0 Å². The van der Waals surface area contributed by atoms with Gasteiger partial charge in [-0.2, -0.15) is 4.98 Å². The Balaban J connectivity index is 1.99. The molecular formula is C13H12BFN4O2. The number of halogens is 1. The summed E-state index contributed by atoms with van der Waals surface area (Å²) >= 11 is 0. The third kappa shape index (κ3) is 2.44. The highest BCUT2D eigenvalue weighted by atomic mass is 19.1. The van der Waals surface area contributed by atoms with E-state index >= 15 is 0 Å². The SMILES string of the molecule is [B]c1c(F)c(Nc2nc(C)cc(NC)n2)cc2c1OCO2. The number of ether oxygens (including phenoxy) is 2. The Bertz CT molecular complexity index is 711. The van der Waals surface area contributed by atoms with Gasteiger partial charge in [0.25, 0.3) is 0 Å². The zero-order valence-electron chi connectivity index (χ0n) is 11.5. The number of hydrogen-bond acceptors (Lipinski definition) is 6. The van der Waals surface area contributed by atoms with Crippen LogP contribution in [0.5, 0.6) is 11.5 Å². The lowest BCUT2D eigenvalue weighted by Gasteiger charge is -2.11. The molecule has 8 heteroatoms. The van der Waals surface area contributed by atoms with Crippen molar-refractivity contribution in [1.82, 2.24) is 9.97 Å². The van der Waals surface area contributed by atoms with E-state index in [0.29, 0.717) is 11.6 Å². The maximum absolute atomic E-state index is 14.2. The number of anilines is 3. The molecule has 2 radical (unpaired) electrons. The molecule has 0 aliphatic carbocycles. The van der Waals surface area contributed by atoms with E-state index in [9.17, 15) is 4.39 Å². The first-order valence-electron chi connectivity index (χ1n) is 6.26. The highest BCUT2D eigenvalue weighted by Gasteiger charge is 2.22. The van der Waals surface area contributed by atoms with Crippen LogP contribution >= 0.6 is 0 Å². The van der Waals surface area contributed by atoms with Gasteiger partial charge >= 0.3 is 0 Å². The van der Waals surface area contributed by atoms with Crippen molar-refractivity contribution in [2.75, 3.05) is 24.5 Å². The zero-order chi connectivity index (χ0) is 15.0. The summed E-state index contributed by atoms with van der Waals surface area (Å²) in [6, 6.07) is 3.24. The van der Waals surface area contributed by atoms with Crippen molar-refractivity contribution in [3.05, 3.63) is 23.6 Å². The first-order chi connectivity index (χ1) is 10.1. The lowest BCUT2D eigenvalue weighted by atomic mass is 9.93. The molecule has 1 aromatic carbocycles. The third-order valence-electron chi connectivity index (χ3n) is 2.99. The Morgan fingerprint density at radius 2 is 2.10 bits per heavy atom. The van der Waals surface area contributed by atoms with Crippen molar-refractivity contribution in [3.8, 4) is 11.5 Å². The second kappa shape index (κ2) is 5.12. The molecule has 1 aliphatic rings. The van der Waals surface area contributed by atoms with E-state index in [0.717, 1.165) is 5.69 Å². The number of aryl methyl sites for hydroxylation is 1. The van der Waals surface area contributed by atoms with Crippen LogP contribution in [0.4, 0.5) is 21.8 Å². The molecule has 0 saturated carbocycles. The van der Waals surface area contributed by atoms with Crippen LogP contribution in [0.15, 0.2) is 12.1 Å². The van der Waals surface area contributed by atoms with Crippen molar-refractivity contribution in [3.63, 3.8) is 0 Å². The fourth-order valence-electron chi connectivity index (χ4n) is 2.01. The van der Waals surface area contributed by atoms with Crippen LogP contribution in [0.25, 0.3) is 0 Å². The van der Waals surface area contributed by atoms with Gasteiger partial charge in [0.2, 0.25) is 12.7 Å². The maximum Gasteiger partial charge on any atom is 0.231 e. The molecule has 0 unspecified atom stereocenters. The van der Waals surface area contributed by atoms with Gasteiger partial charge in [0.05, 0.1) is 5.69 Å². The van der Waals surface area contributed by atoms with Crippen LogP contribution in [0.3, 0.4) is 0 Å². The van der Waals surface area contributed by atoms with Crippen molar-refractivity contribution in [2.24, 2.45) is 0 Å². The number of benzene rings is 1. The Morgan fingerprint density at radius 1 is 1.29 bits per heavy atom. The highest BCUT2D eigenvalue weighted by molar-refractivity contribution is 6.35. The van der Waals surface area contributed by atoms with Gasteiger partial charge in [0, 0.05) is 24.9 Å². The highest BCUT2D eigenvalue weighted by Crippen LogP contribution is 2.34. The van der Waals surface area contributed by atoms with Crippen molar-refractivity contribution in [2.45, 2.75) is 6.92 Å². The molecular weight excluding hydrogens is 274 g/mol. The normalized spacial score (nSPS) is 12.3. The number of aromatic nitrogens is 2. The average molecular weight is 286 g/mol. The van der Waals surface area contributed by atoms with Crippen molar-refractivity contribution >= 4 is 30.8 Å². The molecule has 2 N–H and O–H groups in total. The molecule has 3 rings (SSSR count). The second-order valence-electron chi connectivity index (χ2n) is 4.48. The van der Waals surface area contributed by atoms with E-state index in [1.165, 1.54) is 6.07 Å². The van der Waals surface area contributed by atoms with Gasteiger partial charge in [-0.15, -0.1) is 0 Å². The lowest BCUT2D eigenvalue weighted by molar-refractivity contribution is 0.174. The minimum atomic E-state index is -0.629. The van der Waals surface area contributed by atoms with Gasteiger partial charge < -0.3 is 20.1 Å². The molecule has 2 heterocycles. The average Bonchev–Trinajstić information content (AvgIpc) is 2.92. The molecule has 0 atom stereocenters. The van der Waals surface area contributed by atoms with Crippen LogP contribution in [-0.4, -0.2) is 31.7 Å². The van der Waals surface area contributed by atoms with Gasteiger partial charge in [0.1, 0.15) is 19.5 Å². The predicted octanol–water partition coefficient (Wildman–Crippen LogP) is 1.23. The fraction of sp³-hybridized carbons (Fsp3) is 0.231. The zero-order valence-corrected chi connectivity index (χ0v) is 11.5. The first kappa shape index (κ1) is 13.5. The summed E-state index contributed by atoms with van der Waals surface area (Å²) in [7, 11) is 7.44. The number of rotatable bonds is 3. The molecule has 21 heavy (non-hydrogen) atoms. The number of nitrogens with one attached hydrogen (secondary N) is 2. The van der Waals surface area contributed by atoms with Crippen LogP contribution in [0, 0.1) is 12.7 Å². The van der Waals surface area contributed by atoms with Crippen LogP contribution < -0.4 is 25.6 Å². The molecule has 0 bridgehead atoms. The standard InChI is InChI=1S/C13H12BFN4O2/c1-6-3-9(16-2)19-13(17-6)18-7-4-8-12(21-5-20-8)10(14)11(7)15/h3-4H,5H2,1-2H3,(H2,16,17,18,19). The van der Waals surface area contributed by atoms with E-state index < -0.39 is 5.82 Å². The quantitative estimate of drug-likeness (QED) is 0.827. The number of fused-ring (bicyclic) bond motifs is 1. The minimum absolute atomic E-state index is 0.0211. The first-order valence-corrected chi connectivity index (χ1v) is 6.26. The Morgan fingerprint density at radius 3 is 2.86 bits per heavy atom. The van der Waals surface area contributed by atoms with Crippen molar-refractivity contribution < 1.29 is 13.9 Å². The lowest BCUT2D eigenvalue weighted by Crippen LogP contribution is -2.14. The Labute approximate surface area is 122 Å². The summed E-state index contributed by atoms with van der Waals surface area (Å²) < 4.78 is 24.6. The van der Waals surface area contributed by atoms with Gasteiger partial charge in [-0.25, -0.2) is 9.37 Å². The van der Waals surface area contributed by atoms with E-state index in [-0.39, 0.29) is 29.6 Å². The second-order valence-corrected chi connectivity index (χ2v) is 4.48. The number of hydrogen-bond donors (Lipinski definition) is 2. The maximum atomic E-state index is 14.2. The summed E-state index contributed by atoms with van der Waals surface area (Å²) in [5.74, 6) is 0.864. The fourth-order valence-corrected chi connectivity index (χ4v) is 2.01. The largest absolute Gasteiger partial charge is 0.454 e. The number of nitrogens with zero attached hydrogens (tertiary/aromatic N) is 2. The van der Waals surface area contributed by atoms with Gasteiger partial charge in [-0.1, -0.05) is 0 Å². The minimum Gasteiger partial charge on any atom is -0.454 e. The van der Waals surface area contributed by atoms with Crippen molar-refractivity contribution in [1.29, 1.82) is 0 Å². The summed E-state index contributed by atoms with van der Waals surface area (Å²) in [6.45, 7) is 1.84. The van der Waals surface area contributed by atoms with Gasteiger partial charge in [-0.05, 0) is 12.4 Å². The molecule has 0 saturated heterocycles. The van der Waals surface area contributed by atoms with Crippen LogP contribution in [0.1, 0.15) is 5.69 Å². The molecule has 0 fully saturated rings. The molecule has 1 aliphatic heterocycles. The Hall–Kier alpha value is -2.51. The summed E-state index contributed by atoms with van der Waals surface area (Å²) in [5.41, 5.74) is 0.768. The molecule has 2 aromatic rings. The third-order valence-corrected chi connectivity index (χ3v) is 2.99. The topological polar surface area (TPSA) is 68.3 Å². The molecule has 106 valence electrons. The van der Waals surface area contributed by atoms with Crippen LogP contribution in [-0.2, 0) is 0 Å². The Kier molecular flexibility index (Phi) is 3.28. The molecule has 1 aromatic heterocycles.